The van der Waals surface area contributed by atoms with Crippen LogP contribution in [-0.4, -0.2) is 0 Å². The molecule has 54 valence electrons. The van der Waals surface area contributed by atoms with E-state index < -0.39 is 21.2 Å². The predicted octanol–water partition coefficient (Wildman–Crippen LogP) is 2.79. The topological polar surface area (TPSA) is 17.1 Å². The minimum absolute atomic E-state index is 0.974. The zero-order chi connectivity index (χ0) is 7.56. The minimum Gasteiger partial charge on any atom is -0.265 e. The van der Waals surface area contributed by atoms with Crippen molar-refractivity contribution in [1.82, 2.24) is 0 Å². The average Bonchev–Trinajstić information content (AvgIpc) is 1.85. The van der Waals surface area contributed by atoms with Gasteiger partial charge in [0.05, 0.1) is 0 Å². The fourth-order valence-electron chi connectivity index (χ4n) is 0.964. The third kappa shape index (κ3) is 1.87. The fourth-order valence-corrected chi connectivity index (χ4v) is 2.20. The second-order valence-corrected chi connectivity index (χ2v) is 4.07. The lowest BCUT2D eigenvalue weighted by Crippen LogP contribution is -1.78. The van der Waals surface area contributed by atoms with Gasteiger partial charge in [0, 0.05) is 3.57 Å². The average molecular weight is 248 g/mol. The Bertz CT molecular complexity index is 235. The van der Waals surface area contributed by atoms with Crippen molar-refractivity contribution < 1.29 is 3.07 Å². The molecule has 0 aromatic heterocycles. The molecule has 0 aliphatic heterocycles. The second-order valence-electron chi connectivity index (χ2n) is 2.38. The van der Waals surface area contributed by atoms with Crippen LogP contribution >= 0.6 is 21.2 Å². The molecular formula is C8H9IO. The Labute approximate surface area is 71.1 Å². The van der Waals surface area contributed by atoms with E-state index in [1.54, 1.807) is 0 Å². The van der Waals surface area contributed by atoms with Gasteiger partial charge in [0.15, 0.2) is 21.2 Å². The summed E-state index contributed by atoms with van der Waals surface area (Å²) in [6.07, 6.45) is 0. The molecule has 0 fully saturated rings. The number of rotatable bonds is 1. The highest BCUT2D eigenvalue weighted by atomic mass is 127. The van der Waals surface area contributed by atoms with Crippen LogP contribution in [0.5, 0.6) is 0 Å². The molecule has 1 rings (SSSR count). The Kier molecular flexibility index (Phi) is 2.54. The second kappa shape index (κ2) is 3.23. The van der Waals surface area contributed by atoms with Gasteiger partial charge in [-0.2, -0.15) is 0 Å². The molecule has 0 atom stereocenters. The summed E-state index contributed by atoms with van der Waals surface area (Å²) in [6, 6.07) is 6.05. The maximum atomic E-state index is 10.5. The van der Waals surface area contributed by atoms with Crippen LogP contribution in [-0.2, 0) is 3.07 Å². The molecule has 0 aliphatic rings. The van der Waals surface area contributed by atoms with Crippen molar-refractivity contribution in [2.75, 3.05) is 0 Å². The monoisotopic (exact) mass is 248 g/mol. The van der Waals surface area contributed by atoms with E-state index in [9.17, 15) is 3.07 Å². The van der Waals surface area contributed by atoms with Crippen LogP contribution in [0.25, 0.3) is 0 Å². The number of halogens is 1. The summed E-state index contributed by atoms with van der Waals surface area (Å²) in [5.74, 6) is 0. The first-order valence-corrected chi connectivity index (χ1v) is 5.03. The lowest BCUT2D eigenvalue weighted by atomic mass is 10.2. The molecule has 0 saturated heterocycles. The van der Waals surface area contributed by atoms with Crippen LogP contribution in [0.1, 0.15) is 11.1 Å². The van der Waals surface area contributed by atoms with E-state index in [1.165, 1.54) is 11.1 Å². The first-order valence-electron chi connectivity index (χ1n) is 3.08. The largest absolute Gasteiger partial charge is 0.265 e. The molecular weight excluding hydrogens is 239 g/mol. The fraction of sp³-hybridized carbons (Fsp3) is 0.250. The predicted molar refractivity (Wildman–Crippen MR) is 49.3 cm³/mol. The lowest BCUT2D eigenvalue weighted by Gasteiger charge is -1.95. The molecule has 0 aliphatic carbocycles. The van der Waals surface area contributed by atoms with E-state index >= 15 is 0 Å². The van der Waals surface area contributed by atoms with Crippen LogP contribution in [0.15, 0.2) is 18.2 Å². The molecule has 1 aromatic carbocycles. The zero-order valence-corrected chi connectivity index (χ0v) is 8.18. The van der Waals surface area contributed by atoms with E-state index in [2.05, 4.69) is 6.07 Å². The van der Waals surface area contributed by atoms with Crippen molar-refractivity contribution in [2.24, 2.45) is 0 Å². The highest BCUT2D eigenvalue weighted by Crippen LogP contribution is 2.13. The molecule has 10 heavy (non-hydrogen) atoms. The number of benzene rings is 1. The number of aryl methyl sites for hydroxylation is 2. The smallest absolute Gasteiger partial charge is 0.182 e. The van der Waals surface area contributed by atoms with Crippen molar-refractivity contribution in [3.63, 3.8) is 0 Å². The minimum atomic E-state index is -0.974. The zero-order valence-electron chi connectivity index (χ0n) is 6.02. The summed E-state index contributed by atoms with van der Waals surface area (Å²) in [4.78, 5) is 0. The normalized spacial score (nSPS) is 9.80. The van der Waals surface area contributed by atoms with Gasteiger partial charge in [-0.1, -0.05) is 6.07 Å². The summed E-state index contributed by atoms with van der Waals surface area (Å²) >= 11 is -0.974. The van der Waals surface area contributed by atoms with Crippen LogP contribution in [0.3, 0.4) is 0 Å². The number of hydrogen-bond donors (Lipinski definition) is 0. The molecule has 0 heterocycles. The van der Waals surface area contributed by atoms with Crippen LogP contribution in [0.2, 0.25) is 0 Å². The Morgan fingerprint density at radius 3 is 2.00 bits per heavy atom. The quantitative estimate of drug-likeness (QED) is 0.698. The van der Waals surface area contributed by atoms with Gasteiger partial charge in [-0.15, -0.1) is 0 Å². The summed E-state index contributed by atoms with van der Waals surface area (Å²) in [5, 5.41) is 0. The van der Waals surface area contributed by atoms with E-state index in [4.69, 9.17) is 0 Å². The van der Waals surface area contributed by atoms with Crippen molar-refractivity contribution in [2.45, 2.75) is 13.8 Å². The van der Waals surface area contributed by atoms with Gasteiger partial charge in [-0.25, -0.2) is 0 Å². The molecule has 0 unspecified atom stereocenters. The van der Waals surface area contributed by atoms with E-state index in [0.717, 1.165) is 3.57 Å². The van der Waals surface area contributed by atoms with Gasteiger partial charge in [-0.05, 0) is 37.1 Å². The summed E-state index contributed by atoms with van der Waals surface area (Å²) in [6.45, 7) is 4.05. The molecule has 0 amide bonds. The molecule has 1 aromatic rings. The first-order chi connectivity index (χ1) is 4.72. The molecule has 2 heteroatoms. The highest BCUT2D eigenvalue weighted by molar-refractivity contribution is 14.1. The van der Waals surface area contributed by atoms with Crippen molar-refractivity contribution >= 4 is 21.2 Å². The molecule has 1 nitrogen and oxygen atoms in total. The standard InChI is InChI=1S/C8H9IO/c1-6-3-7(2)5-8(4-6)9-10/h3-5H,1-2H3. The Hall–Kier alpha value is -0.250. The maximum absolute atomic E-state index is 10.5. The third-order valence-corrected chi connectivity index (χ3v) is 2.41. The molecule has 0 N–H and O–H groups in total. The summed E-state index contributed by atoms with van der Waals surface area (Å²) < 4.78 is 11.5. The maximum Gasteiger partial charge on any atom is 0.182 e. The van der Waals surface area contributed by atoms with Gasteiger partial charge < -0.3 is 0 Å². The van der Waals surface area contributed by atoms with Crippen LogP contribution in [0.4, 0.5) is 0 Å². The molecule has 0 radical (unpaired) electrons. The lowest BCUT2D eigenvalue weighted by molar-refractivity contribution is 0.648. The van der Waals surface area contributed by atoms with Gasteiger partial charge in [-0.3, -0.25) is 3.07 Å². The van der Waals surface area contributed by atoms with E-state index in [0.29, 0.717) is 0 Å². The van der Waals surface area contributed by atoms with Crippen molar-refractivity contribution in [1.29, 1.82) is 0 Å². The first kappa shape index (κ1) is 7.85. The van der Waals surface area contributed by atoms with Gasteiger partial charge in [0.2, 0.25) is 0 Å². The van der Waals surface area contributed by atoms with Gasteiger partial charge >= 0.3 is 0 Å². The van der Waals surface area contributed by atoms with Gasteiger partial charge in [0.25, 0.3) is 0 Å². The molecule has 0 bridgehead atoms. The molecule has 0 spiro atoms. The number of hydrogen-bond acceptors (Lipinski definition) is 1. The Balaban J connectivity index is 3.18. The van der Waals surface area contributed by atoms with Crippen molar-refractivity contribution in [3.8, 4) is 0 Å². The van der Waals surface area contributed by atoms with E-state index in [-0.39, 0.29) is 0 Å². The van der Waals surface area contributed by atoms with Crippen molar-refractivity contribution in [3.05, 3.63) is 32.9 Å². The Morgan fingerprint density at radius 1 is 1.10 bits per heavy atom. The summed E-state index contributed by atoms with van der Waals surface area (Å²) in [5.41, 5.74) is 2.40. The Morgan fingerprint density at radius 2 is 1.60 bits per heavy atom. The van der Waals surface area contributed by atoms with Gasteiger partial charge in [0.1, 0.15) is 0 Å². The SMILES string of the molecule is Cc1cc(C)cc(I=O)c1. The van der Waals surface area contributed by atoms with E-state index in [1.807, 2.05) is 26.0 Å². The third-order valence-electron chi connectivity index (χ3n) is 1.28. The van der Waals surface area contributed by atoms with Crippen LogP contribution < -0.4 is 0 Å². The highest BCUT2D eigenvalue weighted by Gasteiger charge is 1.92. The van der Waals surface area contributed by atoms with Crippen LogP contribution in [0, 0.1) is 17.4 Å². The summed E-state index contributed by atoms with van der Waals surface area (Å²) in [7, 11) is 0. The molecule has 0 saturated carbocycles.